The van der Waals surface area contributed by atoms with E-state index < -0.39 is 0 Å². The lowest BCUT2D eigenvalue weighted by molar-refractivity contribution is -0.384. The van der Waals surface area contributed by atoms with Crippen LogP contribution in [0.2, 0.25) is 0 Å². The third kappa shape index (κ3) is 2.87. The molecule has 1 atom stereocenters. The van der Waals surface area contributed by atoms with E-state index >= 15 is 0 Å². The second-order valence-electron chi connectivity index (χ2n) is 4.99. The van der Waals surface area contributed by atoms with Gasteiger partial charge in [-0.2, -0.15) is 0 Å². The fraction of sp³-hybridized carbons (Fsp3) is 0.571. The van der Waals surface area contributed by atoms with Crippen LogP contribution in [0.4, 0.5) is 11.4 Å². The average Bonchev–Trinajstić information content (AvgIpc) is 2.46. The Labute approximate surface area is 113 Å². The van der Waals surface area contributed by atoms with Crippen LogP contribution >= 0.6 is 0 Å². The van der Waals surface area contributed by atoms with Crippen molar-refractivity contribution in [2.24, 2.45) is 0 Å². The van der Waals surface area contributed by atoms with Crippen LogP contribution in [0.5, 0.6) is 0 Å². The van der Waals surface area contributed by atoms with Crippen molar-refractivity contribution in [3.8, 4) is 0 Å². The van der Waals surface area contributed by atoms with E-state index in [0.717, 1.165) is 25.8 Å². The van der Waals surface area contributed by atoms with Crippen LogP contribution in [0.15, 0.2) is 18.2 Å². The van der Waals surface area contributed by atoms with Crippen LogP contribution in [0.3, 0.4) is 0 Å². The monoisotopic (exact) mass is 264 g/mol. The molecular weight excluding hydrogens is 244 g/mol. The van der Waals surface area contributed by atoms with E-state index in [1.54, 1.807) is 12.1 Å². The summed E-state index contributed by atoms with van der Waals surface area (Å²) in [4.78, 5) is 13.0. The maximum Gasteiger partial charge on any atom is 0.292 e. The van der Waals surface area contributed by atoms with Crippen molar-refractivity contribution in [2.45, 2.75) is 45.3 Å². The van der Waals surface area contributed by atoms with E-state index in [-0.39, 0.29) is 17.2 Å². The van der Waals surface area contributed by atoms with Crippen molar-refractivity contribution >= 4 is 11.4 Å². The minimum atomic E-state index is -0.351. The molecule has 0 saturated carbocycles. The Morgan fingerprint density at radius 1 is 1.47 bits per heavy atom. The summed E-state index contributed by atoms with van der Waals surface area (Å²) < 4.78 is 0. The van der Waals surface area contributed by atoms with Crippen LogP contribution in [-0.2, 0) is 6.61 Å². The molecule has 2 rings (SSSR count). The molecule has 1 aromatic rings. The molecule has 0 aromatic heterocycles. The van der Waals surface area contributed by atoms with Gasteiger partial charge in [0.1, 0.15) is 5.69 Å². The number of nitrogens with zero attached hydrogens (tertiary/aromatic N) is 2. The van der Waals surface area contributed by atoms with E-state index in [4.69, 9.17) is 5.11 Å². The predicted molar refractivity (Wildman–Crippen MR) is 74.3 cm³/mol. The number of nitro benzene ring substituents is 1. The number of rotatable bonds is 4. The molecule has 1 aromatic carbocycles. The summed E-state index contributed by atoms with van der Waals surface area (Å²) in [6, 6.07) is 5.41. The summed E-state index contributed by atoms with van der Waals surface area (Å²) in [5.74, 6) is 0. The minimum Gasteiger partial charge on any atom is -0.392 e. The Kier molecular flexibility index (Phi) is 4.37. The van der Waals surface area contributed by atoms with E-state index in [1.807, 2.05) is 0 Å². The largest absolute Gasteiger partial charge is 0.392 e. The molecule has 5 nitrogen and oxygen atoms in total. The molecule has 0 aliphatic carbocycles. The van der Waals surface area contributed by atoms with Gasteiger partial charge in [0.05, 0.1) is 11.5 Å². The highest BCUT2D eigenvalue weighted by atomic mass is 16.6. The molecule has 104 valence electrons. The molecule has 1 heterocycles. The lowest BCUT2D eigenvalue weighted by Crippen LogP contribution is -2.39. The molecule has 0 spiro atoms. The molecule has 1 aliphatic rings. The fourth-order valence-electron chi connectivity index (χ4n) is 2.80. The maximum atomic E-state index is 11.2. The molecule has 0 radical (unpaired) electrons. The number of aliphatic hydroxyl groups is 1. The molecule has 1 fully saturated rings. The molecule has 1 unspecified atom stereocenters. The van der Waals surface area contributed by atoms with Crippen LogP contribution in [-0.4, -0.2) is 22.6 Å². The lowest BCUT2D eigenvalue weighted by Gasteiger charge is -2.36. The zero-order valence-electron chi connectivity index (χ0n) is 11.2. The lowest BCUT2D eigenvalue weighted by atomic mass is 9.98. The molecule has 0 amide bonds. The molecule has 19 heavy (non-hydrogen) atoms. The molecular formula is C14H20N2O3. The van der Waals surface area contributed by atoms with Gasteiger partial charge in [-0.3, -0.25) is 10.1 Å². The van der Waals surface area contributed by atoms with Gasteiger partial charge in [0, 0.05) is 18.7 Å². The number of aliphatic hydroxyl groups excluding tert-OH is 1. The van der Waals surface area contributed by atoms with Gasteiger partial charge in [-0.25, -0.2) is 0 Å². The summed E-state index contributed by atoms with van der Waals surface area (Å²) >= 11 is 0. The van der Waals surface area contributed by atoms with Crippen LogP contribution in [0.1, 0.15) is 38.2 Å². The van der Waals surface area contributed by atoms with E-state index in [0.29, 0.717) is 17.3 Å². The van der Waals surface area contributed by atoms with Gasteiger partial charge in [0.2, 0.25) is 0 Å². The molecule has 0 bridgehead atoms. The van der Waals surface area contributed by atoms with Gasteiger partial charge in [0.15, 0.2) is 0 Å². The van der Waals surface area contributed by atoms with E-state index in [1.165, 1.54) is 12.5 Å². The first kappa shape index (κ1) is 13.8. The van der Waals surface area contributed by atoms with E-state index in [2.05, 4.69) is 11.8 Å². The summed E-state index contributed by atoms with van der Waals surface area (Å²) in [7, 11) is 0. The van der Waals surface area contributed by atoms with Crippen molar-refractivity contribution < 1.29 is 10.0 Å². The summed E-state index contributed by atoms with van der Waals surface area (Å²) in [5, 5.41) is 20.3. The third-order valence-corrected chi connectivity index (χ3v) is 3.83. The van der Waals surface area contributed by atoms with Crippen molar-refractivity contribution in [1.29, 1.82) is 0 Å². The van der Waals surface area contributed by atoms with Gasteiger partial charge in [-0.1, -0.05) is 13.0 Å². The standard InChI is InChI=1S/C14H20N2O3/c1-2-12-5-3-4-8-15(12)13-7-6-11(10-17)9-14(13)16(18)19/h6-7,9,12,17H,2-5,8,10H2,1H3. The van der Waals surface area contributed by atoms with Crippen molar-refractivity contribution in [1.82, 2.24) is 0 Å². The van der Waals surface area contributed by atoms with Gasteiger partial charge < -0.3 is 10.0 Å². The number of hydrogen-bond donors (Lipinski definition) is 1. The molecule has 1 saturated heterocycles. The highest BCUT2D eigenvalue weighted by molar-refractivity contribution is 5.65. The number of hydrogen-bond acceptors (Lipinski definition) is 4. The summed E-state index contributed by atoms with van der Waals surface area (Å²) in [6.45, 7) is 2.83. The highest BCUT2D eigenvalue weighted by Crippen LogP contribution is 2.34. The Balaban J connectivity index is 2.39. The van der Waals surface area contributed by atoms with Crippen molar-refractivity contribution in [3.63, 3.8) is 0 Å². The smallest absolute Gasteiger partial charge is 0.292 e. The number of piperidine rings is 1. The highest BCUT2D eigenvalue weighted by Gasteiger charge is 2.27. The first-order valence-corrected chi connectivity index (χ1v) is 6.82. The minimum absolute atomic E-state index is 0.104. The van der Waals surface area contributed by atoms with Crippen molar-refractivity contribution in [3.05, 3.63) is 33.9 Å². The zero-order chi connectivity index (χ0) is 13.8. The van der Waals surface area contributed by atoms with Gasteiger partial charge >= 0.3 is 0 Å². The maximum absolute atomic E-state index is 11.2. The topological polar surface area (TPSA) is 66.6 Å². The number of benzene rings is 1. The van der Waals surface area contributed by atoms with E-state index in [9.17, 15) is 10.1 Å². The zero-order valence-corrected chi connectivity index (χ0v) is 11.2. The summed E-state index contributed by atoms with van der Waals surface area (Å²) in [6.07, 6.45) is 4.36. The predicted octanol–water partition coefficient (Wildman–Crippen LogP) is 2.86. The van der Waals surface area contributed by atoms with Crippen LogP contribution < -0.4 is 4.90 Å². The van der Waals surface area contributed by atoms with Gasteiger partial charge in [-0.15, -0.1) is 0 Å². The molecule has 5 heteroatoms. The quantitative estimate of drug-likeness (QED) is 0.670. The van der Waals surface area contributed by atoms with Gasteiger partial charge in [-0.05, 0) is 37.3 Å². The Morgan fingerprint density at radius 3 is 2.89 bits per heavy atom. The molecule has 1 N–H and O–H groups in total. The second-order valence-corrected chi connectivity index (χ2v) is 4.99. The van der Waals surface area contributed by atoms with Gasteiger partial charge in [0.25, 0.3) is 5.69 Å². The first-order valence-electron chi connectivity index (χ1n) is 6.82. The first-order chi connectivity index (χ1) is 9.17. The SMILES string of the molecule is CCC1CCCCN1c1ccc(CO)cc1[N+](=O)[O-]. The number of anilines is 1. The second kappa shape index (κ2) is 6.02. The Bertz CT molecular complexity index is 462. The Morgan fingerprint density at radius 2 is 2.26 bits per heavy atom. The fourth-order valence-corrected chi connectivity index (χ4v) is 2.80. The number of nitro groups is 1. The Hall–Kier alpha value is -1.62. The third-order valence-electron chi connectivity index (χ3n) is 3.83. The average molecular weight is 264 g/mol. The van der Waals surface area contributed by atoms with Crippen LogP contribution in [0.25, 0.3) is 0 Å². The molecule has 1 aliphatic heterocycles. The van der Waals surface area contributed by atoms with Crippen LogP contribution in [0, 0.1) is 10.1 Å². The summed E-state index contributed by atoms with van der Waals surface area (Å²) in [5.41, 5.74) is 1.38. The van der Waals surface area contributed by atoms with Crippen molar-refractivity contribution in [2.75, 3.05) is 11.4 Å². The normalized spacial score (nSPS) is 19.5.